The summed E-state index contributed by atoms with van der Waals surface area (Å²) in [7, 11) is 0. The molecule has 2 fully saturated rings. The Morgan fingerprint density at radius 1 is 1.04 bits per heavy atom. The number of aliphatic hydroxyl groups is 1. The number of pyridine rings is 1. The van der Waals surface area contributed by atoms with E-state index >= 15 is 0 Å². The van der Waals surface area contributed by atoms with Gasteiger partial charge in [-0.05, 0) is 96.8 Å². The van der Waals surface area contributed by atoms with E-state index in [1.807, 2.05) is 6.07 Å². The van der Waals surface area contributed by atoms with Crippen molar-refractivity contribution in [3.8, 4) is 0 Å². The standard InChI is InChI=1S/C24H30FNO/c1-23-11-9-17(27)13-16(23)4-5-18-20-7-6-19(15-3-8-22(25)26-14-15)24(20,2)12-10-21(18)23/h3-4,6,8,14,17-18,20-21,27H,5,7,9-13H2,1-2H3. The molecule has 1 aromatic heterocycles. The molecular formula is C24H30FNO. The van der Waals surface area contributed by atoms with E-state index in [1.54, 1.807) is 6.20 Å². The molecule has 4 aliphatic carbocycles. The van der Waals surface area contributed by atoms with E-state index in [4.69, 9.17) is 0 Å². The fourth-order valence-electron chi connectivity index (χ4n) is 7.19. The molecule has 0 bridgehead atoms. The van der Waals surface area contributed by atoms with Crippen LogP contribution in [0.25, 0.3) is 5.57 Å². The lowest BCUT2D eigenvalue weighted by Gasteiger charge is -2.57. The average Bonchev–Trinajstić information content (AvgIpc) is 3.00. The van der Waals surface area contributed by atoms with E-state index in [0.717, 1.165) is 49.5 Å². The highest BCUT2D eigenvalue weighted by Gasteiger charge is 2.56. The fraction of sp³-hybridized carbons (Fsp3) is 0.625. The summed E-state index contributed by atoms with van der Waals surface area (Å²) in [6, 6.07) is 3.39. The maximum Gasteiger partial charge on any atom is 0.212 e. The monoisotopic (exact) mass is 367 g/mol. The summed E-state index contributed by atoms with van der Waals surface area (Å²) >= 11 is 0. The Morgan fingerprint density at radius 2 is 1.85 bits per heavy atom. The van der Waals surface area contributed by atoms with Crippen molar-refractivity contribution in [2.45, 2.75) is 64.9 Å². The van der Waals surface area contributed by atoms with Crippen molar-refractivity contribution in [1.82, 2.24) is 4.98 Å². The van der Waals surface area contributed by atoms with Crippen LogP contribution in [0.2, 0.25) is 0 Å². The Kier molecular flexibility index (Phi) is 3.92. The van der Waals surface area contributed by atoms with E-state index in [2.05, 4.69) is 31.0 Å². The molecular weight excluding hydrogens is 337 g/mol. The Hall–Kier alpha value is -1.48. The molecule has 4 aliphatic rings. The first kappa shape index (κ1) is 17.6. The number of allylic oxidation sites excluding steroid dienone is 3. The zero-order chi connectivity index (χ0) is 18.8. The molecule has 0 radical (unpaired) electrons. The number of fused-ring (bicyclic) bond motifs is 5. The second-order valence-corrected chi connectivity index (χ2v) is 9.84. The Morgan fingerprint density at radius 3 is 2.63 bits per heavy atom. The number of halogens is 1. The SMILES string of the molecule is CC12CCC(O)CC1=CCC1C2CCC2(C)C(c3ccc(F)nc3)=CCC12. The molecule has 6 atom stereocenters. The van der Waals surface area contributed by atoms with Crippen LogP contribution in [-0.4, -0.2) is 16.2 Å². The molecule has 0 aliphatic heterocycles. The maximum absolute atomic E-state index is 13.3. The van der Waals surface area contributed by atoms with Gasteiger partial charge in [0.15, 0.2) is 0 Å². The summed E-state index contributed by atoms with van der Waals surface area (Å²) in [6.07, 6.45) is 14.2. The highest BCUT2D eigenvalue weighted by Crippen LogP contribution is 2.66. The van der Waals surface area contributed by atoms with E-state index in [0.29, 0.717) is 5.92 Å². The van der Waals surface area contributed by atoms with Crippen molar-refractivity contribution in [2.24, 2.45) is 28.6 Å². The Labute approximate surface area is 161 Å². The van der Waals surface area contributed by atoms with Crippen LogP contribution in [-0.2, 0) is 0 Å². The van der Waals surface area contributed by atoms with E-state index in [1.165, 1.54) is 30.1 Å². The zero-order valence-corrected chi connectivity index (χ0v) is 16.4. The van der Waals surface area contributed by atoms with Gasteiger partial charge < -0.3 is 5.11 Å². The lowest BCUT2D eigenvalue weighted by atomic mass is 9.47. The first-order valence-electron chi connectivity index (χ1n) is 10.6. The van der Waals surface area contributed by atoms with E-state index < -0.39 is 5.95 Å². The first-order valence-corrected chi connectivity index (χ1v) is 10.6. The van der Waals surface area contributed by atoms with Gasteiger partial charge >= 0.3 is 0 Å². The predicted molar refractivity (Wildman–Crippen MR) is 105 cm³/mol. The van der Waals surface area contributed by atoms with Gasteiger partial charge in [0.1, 0.15) is 0 Å². The van der Waals surface area contributed by atoms with Crippen LogP contribution in [0.4, 0.5) is 4.39 Å². The number of nitrogens with zero attached hydrogens (tertiary/aromatic N) is 1. The van der Waals surface area contributed by atoms with Crippen LogP contribution < -0.4 is 0 Å². The molecule has 2 saturated carbocycles. The van der Waals surface area contributed by atoms with Crippen LogP contribution in [0.5, 0.6) is 0 Å². The van der Waals surface area contributed by atoms with Crippen LogP contribution in [0.1, 0.15) is 64.4 Å². The fourth-order valence-corrected chi connectivity index (χ4v) is 7.19. The summed E-state index contributed by atoms with van der Waals surface area (Å²) in [5, 5.41) is 10.1. The predicted octanol–water partition coefficient (Wildman–Crippen LogP) is 5.54. The van der Waals surface area contributed by atoms with Crippen molar-refractivity contribution in [2.75, 3.05) is 0 Å². The zero-order valence-electron chi connectivity index (χ0n) is 16.4. The number of hydrogen-bond donors (Lipinski definition) is 1. The average molecular weight is 368 g/mol. The molecule has 0 spiro atoms. The second-order valence-electron chi connectivity index (χ2n) is 9.84. The largest absolute Gasteiger partial charge is 0.393 e. The third-order valence-corrected chi connectivity index (χ3v) is 8.70. The topological polar surface area (TPSA) is 33.1 Å². The molecule has 5 rings (SSSR count). The summed E-state index contributed by atoms with van der Waals surface area (Å²) in [6.45, 7) is 4.90. The van der Waals surface area contributed by atoms with Crippen LogP contribution >= 0.6 is 0 Å². The minimum Gasteiger partial charge on any atom is -0.393 e. The van der Waals surface area contributed by atoms with Crippen LogP contribution in [0, 0.1) is 34.5 Å². The highest BCUT2D eigenvalue weighted by molar-refractivity contribution is 5.72. The van der Waals surface area contributed by atoms with Gasteiger partial charge in [-0.25, -0.2) is 4.98 Å². The number of hydrogen-bond acceptors (Lipinski definition) is 2. The maximum atomic E-state index is 13.3. The molecule has 0 saturated heterocycles. The smallest absolute Gasteiger partial charge is 0.212 e. The summed E-state index contributed by atoms with van der Waals surface area (Å²) in [5.41, 5.74) is 4.47. The number of aromatic nitrogens is 1. The lowest BCUT2D eigenvalue weighted by Crippen LogP contribution is -2.49. The van der Waals surface area contributed by atoms with Crippen molar-refractivity contribution in [3.63, 3.8) is 0 Å². The number of rotatable bonds is 1. The van der Waals surface area contributed by atoms with Gasteiger partial charge in [0.05, 0.1) is 6.10 Å². The van der Waals surface area contributed by atoms with Gasteiger partial charge in [-0.15, -0.1) is 0 Å². The van der Waals surface area contributed by atoms with E-state index in [9.17, 15) is 9.50 Å². The summed E-state index contributed by atoms with van der Waals surface area (Å²) in [5.74, 6) is 1.72. The number of aliphatic hydroxyl groups excluding tert-OH is 1. The van der Waals surface area contributed by atoms with Crippen molar-refractivity contribution in [3.05, 3.63) is 47.6 Å². The van der Waals surface area contributed by atoms with Gasteiger partial charge in [0, 0.05) is 6.20 Å². The minimum absolute atomic E-state index is 0.138. The third kappa shape index (κ3) is 2.50. The molecule has 6 unspecified atom stereocenters. The third-order valence-electron chi connectivity index (χ3n) is 8.70. The molecule has 0 aromatic carbocycles. The molecule has 27 heavy (non-hydrogen) atoms. The van der Waals surface area contributed by atoms with Crippen LogP contribution in [0.3, 0.4) is 0 Å². The van der Waals surface area contributed by atoms with Crippen molar-refractivity contribution < 1.29 is 9.50 Å². The quantitative estimate of drug-likeness (QED) is 0.522. The highest BCUT2D eigenvalue weighted by atomic mass is 19.1. The van der Waals surface area contributed by atoms with Gasteiger partial charge in [0.25, 0.3) is 0 Å². The first-order chi connectivity index (χ1) is 12.9. The minimum atomic E-state index is -0.403. The van der Waals surface area contributed by atoms with E-state index in [-0.39, 0.29) is 16.9 Å². The van der Waals surface area contributed by atoms with Gasteiger partial charge in [-0.3, -0.25) is 0 Å². The van der Waals surface area contributed by atoms with Gasteiger partial charge in [-0.1, -0.05) is 31.6 Å². The molecule has 144 valence electrons. The Balaban J connectivity index is 1.46. The molecule has 1 N–H and O–H groups in total. The summed E-state index contributed by atoms with van der Waals surface area (Å²) < 4.78 is 13.3. The Bertz CT molecular complexity index is 812. The molecule has 1 heterocycles. The van der Waals surface area contributed by atoms with Crippen molar-refractivity contribution in [1.29, 1.82) is 0 Å². The normalized spacial score (nSPS) is 43.3. The van der Waals surface area contributed by atoms with Crippen molar-refractivity contribution >= 4 is 5.57 Å². The molecule has 1 aromatic rings. The van der Waals surface area contributed by atoms with Gasteiger partial charge in [-0.2, -0.15) is 4.39 Å². The molecule has 2 nitrogen and oxygen atoms in total. The molecule has 0 amide bonds. The summed E-state index contributed by atoms with van der Waals surface area (Å²) in [4.78, 5) is 3.91. The molecule has 3 heteroatoms. The van der Waals surface area contributed by atoms with Crippen LogP contribution in [0.15, 0.2) is 36.1 Å². The van der Waals surface area contributed by atoms with Gasteiger partial charge in [0.2, 0.25) is 5.95 Å². The lowest BCUT2D eigenvalue weighted by molar-refractivity contribution is -0.0238. The second kappa shape index (κ2) is 6.01.